The van der Waals surface area contributed by atoms with Gasteiger partial charge in [-0.05, 0) is 69.1 Å². The summed E-state index contributed by atoms with van der Waals surface area (Å²) in [4.78, 5) is 42.1. The van der Waals surface area contributed by atoms with Crippen molar-refractivity contribution in [3.05, 3.63) is 35.9 Å². The number of urea groups is 1. The number of nitrogens with one attached hydrogen (secondary N) is 2. The highest BCUT2D eigenvalue weighted by atomic mass is 32.2. The fourth-order valence-electron chi connectivity index (χ4n) is 5.81. The molecule has 3 aliphatic heterocycles. The average molecular weight is 568 g/mol. The van der Waals surface area contributed by atoms with Gasteiger partial charge in [-0.15, -0.1) is 0 Å². The molecular formula is C29H41N7O3S. The van der Waals surface area contributed by atoms with Gasteiger partial charge in [0.25, 0.3) is 10.9 Å². The van der Waals surface area contributed by atoms with E-state index < -0.39 is 17.3 Å². The number of carbonyl (C=O) groups excluding carboxylic acids is 2. The van der Waals surface area contributed by atoms with E-state index in [0.29, 0.717) is 48.6 Å². The molecule has 5 heterocycles. The molecule has 3 amide bonds. The summed E-state index contributed by atoms with van der Waals surface area (Å²) in [7, 11) is 0. The zero-order valence-electron chi connectivity index (χ0n) is 24.2. The number of hydrogen-bond acceptors (Lipinski definition) is 7. The Morgan fingerprint density at radius 1 is 1.12 bits per heavy atom. The van der Waals surface area contributed by atoms with Crippen LogP contribution in [0.25, 0.3) is 0 Å². The number of carbonyl (C=O) groups is 2. The minimum atomic E-state index is -1.84. The predicted molar refractivity (Wildman–Crippen MR) is 158 cm³/mol. The molecule has 4 bridgehead atoms. The van der Waals surface area contributed by atoms with Crippen molar-refractivity contribution in [3.8, 4) is 0 Å². The summed E-state index contributed by atoms with van der Waals surface area (Å²) in [6, 6.07) is 8.64. The SMILES string of the molecule is CC(C)(C)CCN1CCN(c2ccc3c(n2)N2C[C@@H](CCCNc4cccc(n4)[S+]([O-])NC3=O)CC2(C)C)C1=O. The molecule has 0 aromatic carbocycles. The van der Waals surface area contributed by atoms with Gasteiger partial charge in [0.1, 0.15) is 28.8 Å². The van der Waals surface area contributed by atoms with Crippen molar-refractivity contribution in [1.29, 1.82) is 0 Å². The van der Waals surface area contributed by atoms with Gasteiger partial charge in [-0.1, -0.05) is 26.8 Å². The number of amides is 3. The molecule has 216 valence electrons. The first kappa shape index (κ1) is 28.5. The van der Waals surface area contributed by atoms with E-state index in [1.54, 1.807) is 29.2 Å². The smallest absolute Gasteiger partial charge is 0.325 e. The third kappa shape index (κ3) is 6.15. The summed E-state index contributed by atoms with van der Waals surface area (Å²) >= 11 is -1.84. The molecule has 40 heavy (non-hydrogen) atoms. The van der Waals surface area contributed by atoms with Gasteiger partial charge in [0.2, 0.25) is 0 Å². The molecule has 0 aliphatic carbocycles. The van der Waals surface area contributed by atoms with Crippen molar-refractivity contribution < 1.29 is 14.1 Å². The Morgan fingerprint density at radius 2 is 1.93 bits per heavy atom. The lowest BCUT2D eigenvalue weighted by molar-refractivity contribution is 0.0981. The van der Waals surface area contributed by atoms with Gasteiger partial charge in [0.15, 0.2) is 0 Å². The highest BCUT2D eigenvalue weighted by Gasteiger charge is 2.41. The van der Waals surface area contributed by atoms with E-state index in [4.69, 9.17) is 4.98 Å². The minimum Gasteiger partial charge on any atom is -0.587 e. The lowest BCUT2D eigenvalue weighted by atomic mass is 9.92. The van der Waals surface area contributed by atoms with Crippen LogP contribution >= 0.6 is 0 Å². The molecule has 11 heteroatoms. The fraction of sp³-hybridized carbons (Fsp3) is 0.586. The molecule has 3 aliphatic rings. The van der Waals surface area contributed by atoms with Crippen molar-refractivity contribution in [2.45, 2.75) is 70.9 Å². The maximum atomic E-state index is 13.6. The standard InChI is InChI=1S/C29H41N7O3S/c1-28(2,3)13-15-34-16-17-35(27(34)38)23-12-11-21-25(32-23)36-19-20(18-29(36,4)5)8-7-14-30-22-9-6-10-24(31-22)40(39)33-26(21)37/h6,9-12,20H,7-8,13-19H2,1-5H3,(H,30,31)(H,33,37)/t20-,40?/m0/s1. The van der Waals surface area contributed by atoms with Crippen molar-refractivity contribution >= 4 is 40.8 Å². The largest absolute Gasteiger partial charge is 0.587 e. The van der Waals surface area contributed by atoms with Gasteiger partial charge in [-0.2, -0.15) is 9.71 Å². The van der Waals surface area contributed by atoms with Crippen LogP contribution in [0.15, 0.2) is 35.4 Å². The van der Waals surface area contributed by atoms with E-state index in [9.17, 15) is 14.1 Å². The Balaban J connectivity index is 1.48. The first-order chi connectivity index (χ1) is 18.9. The Labute approximate surface area is 240 Å². The van der Waals surface area contributed by atoms with Gasteiger partial charge in [0, 0.05) is 44.3 Å². The average Bonchev–Trinajstić information content (AvgIpc) is 3.42. The van der Waals surface area contributed by atoms with Gasteiger partial charge in [-0.3, -0.25) is 9.69 Å². The Kier molecular flexibility index (Phi) is 7.89. The van der Waals surface area contributed by atoms with Crippen LogP contribution in [0, 0.1) is 11.3 Å². The predicted octanol–water partition coefficient (Wildman–Crippen LogP) is 4.42. The molecule has 2 fully saturated rings. The summed E-state index contributed by atoms with van der Waals surface area (Å²) in [5.41, 5.74) is 0.235. The molecule has 0 radical (unpaired) electrons. The summed E-state index contributed by atoms with van der Waals surface area (Å²) < 4.78 is 15.7. The van der Waals surface area contributed by atoms with E-state index >= 15 is 0 Å². The van der Waals surface area contributed by atoms with E-state index in [-0.39, 0.29) is 22.0 Å². The van der Waals surface area contributed by atoms with Gasteiger partial charge in [0.05, 0.1) is 5.56 Å². The fourth-order valence-corrected chi connectivity index (χ4v) is 6.58. The second-order valence-corrected chi connectivity index (χ2v) is 14.1. The van der Waals surface area contributed by atoms with Crippen LogP contribution in [-0.4, -0.2) is 69.6 Å². The van der Waals surface area contributed by atoms with Crippen molar-refractivity contribution in [3.63, 3.8) is 0 Å². The molecule has 0 spiro atoms. The third-order valence-electron chi connectivity index (χ3n) is 8.02. The van der Waals surface area contributed by atoms with E-state index in [0.717, 1.165) is 38.8 Å². The third-order valence-corrected chi connectivity index (χ3v) is 9.00. The van der Waals surface area contributed by atoms with Gasteiger partial charge in [-0.25, -0.2) is 9.78 Å². The lowest BCUT2D eigenvalue weighted by Gasteiger charge is -2.34. The molecule has 2 saturated heterocycles. The van der Waals surface area contributed by atoms with Crippen molar-refractivity contribution in [2.75, 3.05) is 47.8 Å². The number of rotatable bonds is 3. The summed E-state index contributed by atoms with van der Waals surface area (Å²) in [6.07, 6.45) is 3.86. The summed E-state index contributed by atoms with van der Waals surface area (Å²) in [5.74, 6) is 1.64. The molecule has 0 saturated carbocycles. The van der Waals surface area contributed by atoms with Crippen LogP contribution in [0.3, 0.4) is 0 Å². The van der Waals surface area contributed by atoms with Crippen molar-refractivity contribution in [1.82, 2.24) is 19.6 Å². The topological polar surface area (TPSA) is 117 Å². The second kappa shape index (κ2) is 11.1. The van der Waals surface area contributed by atoms with Crippen LogP contribution in [0.5, 0.6) is 0 Å². The van der Waals surface area contributed by atoms with Crippen LogP contribution in [0.4, 0.5) is 22.2 Å². The number of anilines is 3. The number of aromatic nitrogens is 2. The Bertz CT molecular complexity index is 1260. The van der Waals surface area contributed by atoms with E-state index in [1.807, 2.05) is 11.0 Å². The van der Waals surface area contributed by atoms with Crippen LogP contribution < -0.4 is 19.8 Å². The van der Waals surface area contributed by atoms with Crippen LogP contribution in [-0.2, 0) is 11.4 Å². The molecule has 5 rings (SSSR count). The summed E-state index contributed by atoms with van der Waals surface area (Å²) in [5, 5.41) is 3.60. The zero-order chi connectivity index (χ0) is 28.7. The van der Waals surface area contributed by atoms with Crippen LogP contribution in [0.1, 0.15) is 70.7 Å². The highest BCUT2D eigenvalue weighted by molar-refractivity contribution is 7.90. The molecule has 2 N–H and O–H groups in total. The molecule has 2 aromatic heterocycles. The minimum absolute atomic E-state index is 0.0589. The molecular weight excluding hydrogens is 526 g/mol. The Hall–Kier alpha value is -3.05. The second-order valence-electron chi connectivity index (χ2n) is 12.9. The summed E-state index contributed by atoms with van der Waals surface area (Å²) in [6.45, 7) is 14.3. The van der Waals surface area contributed by atoms with Gasteiger partial charge < -0.3 is 19.7 Å². The first-order valence-corrected chi connectivity index (χ1v) is 15.4. The molecule has 1 unspecified atom stereocenters. The highest BCUT2D eigenvalue weighted by Crippen LogP contribution is 2.40. The zero-order valence-corrected chi connectivity index (χ0v) is 25.0. The number of fused-ring (bicyclic) bond motifs is 6. The van der Waals surface area contributed by atoms with E-state index in [2.05, 4.69) is 54.5 Å². The Morgan fingerprint density at radius 3 is 2.70 bits per heavy atom. The van der Waals surface area contributed by atoms with Crippen molar-refractivity contribution in [2.24, 2.45) is 11.3 Å². The van der Waals surface area contributed by atoms with Crippen LogP contribution in [0.2, 0.25) is 0 Å². The number of hydrogen-bond donors (Lipinski definition) is 2. The number of pyridine rings is 2. The monoisotopic (exact) mass is 567 g/mol. The maximum Gasteiger partial charge on any atom is 0.325 e. The number of nitrogens with zero attached hydrogens (tertiary/aromatic N) is 5. The quantitative estimate of drug-likeness (QED) is 0.528. The van der Waals surface area contributed by atoms with E-state index in [1.165, 1.54) is 0 Å². The van der Waals surface area contributed by atoms with Gasteiger partial charge >= 0.3 is 6.03 Å². The molecule has 2 atom stereocenters. The first-order valence-electron chi connectivity index (χ1n) is 14.2. The maximum absolute atomic E-state index is 13.6. The molecule has 2 aromatic rings. The molecule has 10 nitrogen and oxygen atoms in total. The lowest BCUT2D eigenvalue weighted by Crippen LogP contribution is -2.41. The normalized spacial score (nSPS) is 23.3.